The minimum absolute atomic E-state index is 0.178. The van der Waals surface area contributed by atoms with Crippen LogP contribution >= 0.6 is 11.6 Å². The molecule has 33 heavy (non-hydrogen) atoms. The largest absolute Gasteiger partial charge is 0.383 e. The van der Waals surface area contributed by atoms with E-state index in [2.05, 4.69) is 14.8 Å². The van der Waals surface area contributed by atoms with Gasteiger partial charge < -0.3 is 14.5 Å². The second-order valence-corrected chi connectivity index (χ2v) is 10.9. The molecule has 0 aliphatic carbocycles. The quantitative estimate of drug-likeness (QED) is 0.585. The highest BCUT2D eigenvalue weighted by molar-refractivity contribution is 7.92. The lowest BCUT2D eigenvalue weighted by Gasteiger charge is -2.36. The number of nitriles is 1. The zero-order chi connectivity index (χ0) is 23.4. The number of aromatic nitrogens is 1. The summed E-state index contributed by atoms with van der Waals surface area (Å²) in [4.78, 5) is 11.0. The standard InChI is InChI=1S/C23H28ClN5O3S/c1-32-14-13-27-9-11-28(12-10-27)19-5-6-22(21(24)15-19)33(30,31)20-7-8-29(17-20)23-4-2-3-18(16-25)26-23/h2-6,15,20H,7-14,17H2,1H3/t20-/m0/s1. The fraction of sp³-hybridized carbons (Fsp3) is 0.478. The van der Waals surface area contributed by atoms with E-state index in [1.807, 2.05) is 17.0 Å². The molecule has 2 aromatic rings. The maximum atomic E-state index is 13.4. The van der Waals surface area contributed by atoms with Crippen molar-refractivity contribution >= 4 is 32.9 Å². The Morgan fingerprint density at radius 2 is 1.94 bits per heavy atom. The summed E-state index contributed by atoms with van der Waals surface area (Å²) in [6.07, 6.45) is 0.488. The van der Waals surface area contributed by atoms with Gasteiger partial charge in [-0.2, -0.15) is 5.26 Å². The summed E-state index contributed by atoms with van der Waals surface area (Å²) >= 11 is 6.51. The van der Waals surface area contributed by atoms with Crippen molar-refractivity contribution in [1.82, 2.24) is 9.88 Å². The number of methoxy groups -OCH3 is 1. The Morgan fingerprint density at radius 1 is 1.15 bits per heavy atom. The second-order valence-electron chi connectivity index (χ2n) is 8.33. The van der Waals surface area contributed by atoms with Gasteiger partial charge in [-0.05, 0) is 36.8 Å². The molecule has 2 aliphatic rings. The molecular formula is C23H28ClN5O3S. The third-order valence-corrected chi connectivity index (χ3v) is 8.98. The molecule has 1 aromatic carbocycles. The molecule has 2 aliphatic heterocycles. The van der Waals surface area contributed by atoms with Crippen LogP contribution in [0.4, 0.5) is 11.5 Å². The lowest BCUT2D eigenvalue weighted by atomic mass is 10.2. The molecule has 10 heteroatoms. The smallest absolute Gasteiger partial charge is 0.184 e. The van der Waals surface area contributed by atoms with E-state index in [0.717, 1.165) is 45.0 Å². The van der Waals surface area contributed by atoms with Crippen LogP contribution in [0.1, 0.15) is 12.1 Å². The molecule has 0 spiro atoms. The number of nitrogens with zero attached hydrogens (tertiary/aromatic N) is 5. The SMILES string of the molecule is COCCN1CCN(c2ccc(S(=O)(=O)[C@H]3CCN(c4cccc(C#N)n4)C3)c(Cl)c2)CC1. The van der Waals surface area contributed by atoms with E-state index < -0.39 is 15.1 Å². The highest BCUT2D eigenvalue weighted by Gasteiger charge is 2.36. The van der Waals surface area contributed by atoms with Crippen LogP contribution in [0.5, 0.6) is 0 Å². The van der Waals surface area contributed by atoms with Crippen LogP contribution in [0.2, 0.25) is 5.02 Å². The van der Waals surface area contributed by atoms with Crippen molar-refractivity contribution in [3.05, 3.63) is 47.1 Å². The number of pyridine rings is 1. The number of hydrogen-bond acceptors (Lipinski definition) is 8. The van der Waals surface area contributed by atoms with E-state index in [0.29, 0.717) is 31.0 Å². The molecule has 0 amide bonds. The summed E-state index contributed by atoms with van der Waals surface area (Å²) in [6, 6.07) is 12.5. The Morgan fingerprint density at radius 3 is 2.64 bits per heavy atom. The minimum atomic E-state index is -3.60. The molecule has 1 aromatic heterocycles. The van der Waals surface area contributed by atoms with Crippen molar-refractivity contribution in [3.63, 3.8) is 0 Å². The van der Waals surface area contributed by atoms with Crippen LogP contribution in [-0.2, 0) is 14.6 Å². The summed E-state index contributed by atoms with van der Waals surface area (Å²) in [5, 5.41) is 8.77. The molecule has 0 saturated carbocycles. The number of piperazine rings is 1. The van der Waals surface area contributed by atoms with Crippen molar-refractivity contribution in [2.45, 2.75) is 16.6 Å². The van der Waals surface area contributed by atoms with Crippen LogP contribution < -0.4 is 9.80 Å². The maximum absolute atomic E-state index is 13.4. The van der Waals surface area contributed by atoms with E-state index in [1.54, 1.807) is 37.4 Å². The van der Waals surface area contributed by atoms with E-state index >= 15 is 0 Å². The summed E-state index contributed by atoms with van der Waals surface area (Å²) in [7, 11) is -1.89. The molecule has 0 bridgehead atoms. The van der Waals surface area contributed by atoms with E-state index in [1.165, 1.54) is 0 Å². The molecule has 0 unspecified atom stereocenters. The molecule has 176 valence electrons. The van der Waals surface area contributed by atoms with Gasteiger partial charge in [0.25, 0.3) is 0 Å². The van der Waals surface area contributed by atoms with Gasteiger partial charge in [0, 0.05) is 58.6 Å². The summed E-state index contributed by atoms with van der Waals surface area (Å²) < 4.78 is 31.9. The Hall–Kier alpha value is -2.38. The molecule has 8 nitrogen and oxygen atoms in total. The fourth-order valence-electron chi connectivity index (χ4n) is 4.40. The Bertz CT molecular complexity index is 1130. The Balaban J connectivity index is 1.44. The summed E-state index contributed by atoms with van der Waals surface area (Å²) in [6.45, 7) is 6.10. The van der Waals surface area contributed by atoms with Crippen molar-refractivity contribution in [1.29, 1.82) is 5.26 Å². The molecular weight excluding hydrogens is 462 g/mol. The predicted molar refractivity (Wildman–Crippen MR) is 129 cm³/mol. The highest BCUT2D eigenvalue weighted by atomic mass is 35.5. The van der Waals surface area contributed by atoms with Crippen LogP contribution in [0.15, 0.2) is 41.3 Å². The molecule has 0 N–H and O–H groups in total. The Labute approximate surface area is 200 Å². The molecule has 3 heterocycles. The average Bonchev–Trinajstić information content (AvgIpc) is 3.34. The van der Waals surface area contributed by atoms with Gasteiger partial charge in [-0.1, -0.05) is 17.7 Å². The third-order valence-electron chi connectivity index (χ3n) is 6.33. The first-order chi connectivity index (χ1) is 15.9. The van der Waals surface area contributed by atoms with E-state index in [9.17, 15) is 8.42 Å². The van der Waals surface area contributed by atoms with Gasteiger partial charge in [-0.15, -0.1) is 0 Å². The van der Waals surface area contributed by atoms with Gasteiger partial charge >= 0.3 is 0 Å². The normalized spacial score (nSPS) is 19.6. The first-order valence-corrected chi connectivity index (χ1v) is 13.0. The van der Waals surface area contributed by atoms with Gasteiger partial charge in [-0.3, -0.25) is 4.90 Å². The number of benzene rings is 1. The number of ether oxygens (including phenoxy) is 1. The summed E-state index contributed by atoms with van der Waals surface area (Å²) in [5.74, 6) is 0.623. The number of hydrogen-bond donors (Lipinski definition) is 0. The zero-order valence-electron chi connectivity index (χ0n) is 18.7. The monoisotopic (exact) mass is 489 g/mol. The van der Waals surface area contributed by atoms with Gasteiger partial charge in [0.05, 0.1) is 21.8 Å². The molecule has 1 atom stereocenters. The zero-order valence-corrected chi connectivity index (χ0v) is 20.2. The number of halogens is 1. The molecule has 4 rings (SSSR count). The average molecular weight is 490 g/mol. The van der Waals surface area contributed by atoms with E-state index in [4.69, 9.17) is 21.6 Å². The first-order valence-electron chi connectivity index (χ1n) is 11.0. The maximum Gasteiger partial charge on any atom is 0.184 e. The highest BCUT2D eigenvalue weighted by Crippen LogP contribution is 2.33. The van der Waals surface area contributed by atoms with Crippen molar-refractivity contribution in [3.8, 4) is 6.07 Å². The number of sulfone groups is 1. The van der Waals surface area contributed by atoms with Gasteiger partial charge in [-0.25, -0.2) is 13.4 Å². The first kappa shape index (κ1) is 23.8. The fourth-order valence-corrected chi connectivity index (χ4v) is 6.63. The van der Waals surface area contributed by atoms with Crippen molar-refractivity contribution < 1.29 is 13.2 Å². The number of anilines is 2. The predicted octanol–water partition coefficient (Wildman–Crippen LogP) is 2.43. The minimum Gasteiger partial charge on any atom is -0.383 e. The van der Waals surface area contributed by atoms with Crippen molar-refractivity contribution in [2.24, 2.45) is 0 Å². The Kier molecular flexibility index (Phi) is 7.39. The van der Waals surface area contributed by atoms with Gasteiger partial charge in [0.2, 0.25) is 0 Å². The van der Waals surface area contributed by atoms with Crippen LogP contribution in [-0.4, -0.2) is 83.1 Å². The third kappa shape index (κ3) is 5.25. The summed E-state index contributed by atoms with van der Waals surface area (Å²) in [5.41, 5.74) is 1.26. The number of rotatable bonds is 7. The lowest BCUT2D eigenvalue weighted by molar-refractivity contribution is 0.144. The van der Waals surface area contributed by atoms with Gasteiger partial charge in [0.15, 0.2) is 9.84 Å². The van der Waals surface area contributed by atoms with E-state index in [-0.39, 0.29) is 9.92 Å². The van der Waals surface area contributed by atoms with Gasteiger partial charge in [0.1, 0.15) is 17.6 Å². The molecule has 0 radical (unpaired) electrons. The van der Waals surface area contributed by atoms with Crippen LogP contribution in [0, 0.1) is 11.3 Å². The lowest BCUT2D eigenvalue weighted by Crippen LogP contribution is -2.47. The molecule has 2 fully saturated rings. The molecule has 2 saturated heterocycles. The van der Waals surface area contributed by atoms with Crippen LogP contribution in [0.3, 0.4) is 0 Å². The second kappa shape index (κ2) is 10.3. The van der Waals surface area contributed by atoms with Crippen LogP contribution in [0.25, 0.3) is 0 Å². The van der Waals surface area contributed by atoms with Crippen molar-refractivity contribution in [2.75, 3.05) is 69.3 Å². The topological polar surface area (TPSA) is 89.8 Å².